The van der Waals surface area contributed by atoms with Crippen molar-refractivity contribution >= 4 is 33.5 Å². The molecule has 0 aliphatic rings. The number of hydrogen-bond acceptors (Lipinski definition) is 2. The average Bonchev–Trinajstić information content (AvgIpc) is 2.41. The minimum Gasteiger partial charge on any atom is -0.439 e. The zero-order valence-corrected chi connectivity index (χ0v) is 11.7. The molecule has 0 radical (unpaired) electrons. The van der Waals surface area contributed by atoms with E-state index in [1.165, 1.54) is 3.57 Å². The van der Waals surface area contributed by atoms with Gasteiger partial charge in [0.25, 0.3) is 0 Å². The van der Waals surface area contributed by atoms with E-state index in [9.17, 15) is 0 Å². The van der Waals surface area contributed by atoms with Gasteiger partial charge in [0.15, 0.2) is 0 Å². The van der Waals surface area contributed by atoms with Gasteiger partial charge in [0.05, 0.1) is 5.52 Å². The standard InChI is InChI=1S/C15H10INO/c16-12-6-8-13(9-7-12)18-15-10-5-11-3-1-2-4-14(11)17-15/h1-10H. The van der Waals surface area contributed by atoms with E-state index in [-0.39, 0.29) is 0 Å². The summed E-state index contributed by atoms with van der Waals surface area (Å²) >= 11 is 2.27. The van der Waals surface area contributed by atoms with E-state index in [4.69, 9.17) is 4.74 Å². The summed E-state index contributed by atoms with van der Waals surface area (Å²) in [7, 11) is 0. The number of pyridine rings is 1. The van der Waals surface area contributed by atoms with Gasteiger partial charge in [-0.1, -0.05) is 18.2 Å². The second kappa shape index (κ2) is 4.94. The third-order valence-corrected chi connectivity index (χ3v) is 3.33. The molecule has 0 amide bonds. The van der Waals surface area contributed by atoms with Crippen LogP contribution in [-0.4, -0.2) is 4.98 Å². The molecule has 3 aromatic rings. The Morgan fingerprint density at radius 1 is 0.833 bits per heavy atom. The number of ether oxygens (including phenoxy) is 1. The van der Waals surface area contributed by atoms with Gasteiger partial charge in [-0.05, 0) is 59.0 Å². The molecule has 0 saturated heterocycles. The molecule has 18 heavy (non-hydrogen) atoms. The van der Waals surface area contributed by atoms with Crippen LogP contribution in [0.15, 0.2) is 60.7 Å². The number of para-hydroxylation sites is 1. The van der Waals surface area contributed by atoms with Crippen molar-refractivity contribution in [2.24, 2.45) is 0 Å². The van der Waals surface area contributed by atoms with E-state index in [0.29, 0.717) is 5.88 Å². The first-order valence-corrected chi connectivity index (χ1v) is 6.68. The maximum atomic E-state index is 5.73. The van der Waals surface area contributed by atoms with Crippen molar-refractivity contribution in [2.75, 3.05) is 0 Å². The lowest BCUT2D eigenvalue weighted by atomic mass is 10.2. The molecule has 0 aliphatic carbocycles. The smallest absolute Gasteiger partial charge is 0.219 e. The van der Waals surface area contributed by atoms with E-state index >= 15 is 0 Å². The highest BCUT2D eigenvalue weighted by atomic mass is 127. The Morgan fingerprint density at radius 2 is 1.61 bits per heavy atom. The Hall–Kier alpha value is -1.62. The SMILES string of the molecule is Ic1ccc(Oc2ccc3ccccc3n2)cc1. The lowest BCUT2D eigenvalue weighted by Gasteiger charge is -2.05. The maximum absolute atomic E-state index is 5.73. The van der Waals surface area contributed by atoms with Crippen molar-refractivity contribution in [1.82, 2.24) is 4.98 Å². The molecule has 1 aromatic heterocycles. The van der Waals surface area contributed by atoms with Crippen LogP contribution in [0.3, 0.4) is 0 Å². The van der Waals surface area contributed by atoms with Crippen LogP contribution in [-0.2, 0) is 0 Å². The quantitative estimate of drug-likeness (QED) is 0.631. The highest BCUT2D eigenvalue weighted by Crippen LogP contribution is 2.22. The topological polar surface area (TPSA) is 22.1 Å². The van der Waals surface area contributed by atoms with Crippen LogP contribution in [0.1, 0.15) is 0 Å². The Labute approximate surface area is 119 Å². The Balaban J connectivity index is 1.92. The number of halogens is 1. The Kier molecular flexibility index (Phi) is 3.15. The molecule has 0 N–H and O–H groups in total. The van der Waals surface area contributed by atoms with Crippen molar-refractivity contribution in [3.63, 3.8) is 0 Å². The summed E-state index contributed by atoms with van der Waals surface area (Å²) in [5, 5.41) is 1.12. The van der Waals surface area contributed by atoms with Crippen molar-refractivity contribution < 1.29 is 4.74 Å². The zero-order chi connectivity index (χ0) is 12.4. The largest absolute Gasteiger partial charge is 0.439 e. The van der Waals surface area contributed by atoms with E-state index in [0.717, 1.165) is 16.7 Å². The molecule has 0 spiro atoms. The van der Waals surface area contributed by atoms with E-state index in [1.807, 2.05) is 60.7 Å². The molecule has 88 valence electrons. The third kappa shape index (κ3) is 2.46. The molecule has 2 nitrogen and oxygen atoms in total. The summed E-state index contributed by atoms with van der Waals surface area (Å²) in [5.74, 6) is 1.42. The summed E-state index contributed by atoms with van der Waals surface area (Å²) in [6, 6.07) is 19.8. The predicted molar refractivity (Wildman–Crippen MR) is 81.0 cm³/mol. The summed E-state index contributed by atoms with van der Waals surface area (Å²) in [6.07, 6.45) is 0. The van der Waals surface area contributed by atoms with Crippen LogP contribution in [0.5, 0.6) is 11.6 Å². The fraction of sp³-hybridized carbons (Fsp3) is 0. The highest BCUT2D eigenvalue weighted by molar-refractivity contribution is 14.1. The van der Waals surface area contributed by atoms with Gasteiger partial charge < -0.3 is 4.74 Å². The van der Waals surface area contributed by atoms with Crippen LogP contribution >= 0.6 is 22.6 Å². The lowest BCUT2D eigenvalue weighted by Crippen LogP contribution is -1.88. The van der Waals surface area contributed by atoms with E-state index in [2.05, 4.69) is 27.6 Å². The maximum Gasteiger partial charge on any atom is 0.219 e. The van der Waals surface area contributed by atoms with Crippen molar-refractivity contribution in [3.8, 4) is 11.6 Å². The predicted octanol–water partition coefficient (Wildman–Crippen LogP) is 4.63. The van der Waals surface area contributed by atoms with E-state index in [1.54, 1.807) is 0 Å². The minimum absolute atomic E-state index is 0.620. The first-order valence-electron chi connectivity index (χ1n) is 5.60. The minimum atomic E-state index is 0.620. The summed E-state index contributed by atoms with van der Waals surface area (Å²) in [5.41, 5.74) is 0.945. The molecule has 2 aromatic carbocycles. The Bertz CT molecular complexity index is 679. The Morgan fingerprint density at radius 3 is 2.44 bits per heavy atom. The molecular weight excluding hydrogens is 337 g/mol. The van der Waals surface area contributed by atoms with Gasteiger partial charge in [-0.3, -0.25) is 0 Å². The van der Waals surface area contributed by atoms with Crippen molar-refractivity contribution in [2.45, 2.75) is 0 Å². The molecule has 3 heteroatoms. The third-order valence-electron chi connectivity index (χ3n) is 2.61. The van der Waals surface area contributed by atoms with E-state index < -0.39 is 0 Å². The molecule has 0 unspecified atom stereocenters. The number of fused-ring (bicyclic) bond motifs is 1. The molecule has 0 atom stereocenters. The van der Waals surface area contributed by atoms with Crippen molar-refractivity contribution in [3.05, 3.63) is 64.2 Å². The summed E-state index contributed by atoms with van der Waals surface area (Å²) < 4.78 is 6.91. The van der Waals surface area contributed by atoms with Crippen molar-refractivity contribution in [1.29, 1.82) is 0 Å². The van der Waals surface area contributed by atoms with Gasteiger partial charge in [0, 0.05) is 15.0 Å². The van der Waals surface area contributed by atoms with Gasteiger partial charge in [0.2, 0.25) is 5.88 Å². The molecule has 0 saturated carbocycles. The van der Waals surface area contributed by atoms with Gasteiger partial charge in [0.1, 0.15) is 5.75 Å². The van der Waals surface area contributed by atoms with Crippen LogP contribution in [0.25, 0.3) is 10.9 Å². The fourth-order valence-electron chi connectivity index (χ4n) is 1.73. The monoisotopic (exact) mass is 347 g/mol. The number of benzene rings is 2. The molecule has 3 rings (SSSR count). The summed E-state index contributed by atoms with van der Waals surface area (Å²) in [4.78, 5) is 4.47. The average molecular weight is 347 g/mol. The van der Waals surface area contributed by atoms with Crippen LogP contribution in [0, 0.1) is 3.57 Å². The normalized spacial score (nSPS) is 10.5. The first kappa shape index (κ1) is 11.5. The fourth-order valence-corrected chi connectivity index (χ4v) is 2.09. The highest BCUT2D eigenvalue weighted by Gasteiger charge is 2.00. The number of aromatic nitrogens is 1. The number of hydrogen-bond donors (Lipinski definition) is 0. The molecule has 0 bridgehead atoms. The number of nitrogens with zero attached hydrogens (tertiary/aromatic N) is 1. The first-order chi connectivity index (χ1) is 8.81. The summed E-state index contributed by atoms with van der Waals surface area (Å²) in [6.45, 7) is 0. The molecular formula is C15H10INO. The van der Waals surface area contributed by atoms with Gasteiger partial charge >= 0.3 is 0 Å². The van der Waals surface area contributed by atoms with Gasteiger partial charge in [-0.25, -0.2) is 4.98 Å². The second-order valence-corrected chi connectivity index (χ2v) is 5.14. The zero-order valence-electron chi connectivity index (χ0n) is 9.51. The van der Waals surface area contributed by atoms with Gasteiger partial charge in [-0.15, -0.1) is 0 Å². The molecule has 0 aliphatic heterocycles. The van der Waals surface area contributed by atoms with Crippen LogP contribution in [0.2, 0.25) is 0 Å². The van der Waals surface area contributed by atoms with Crippen LogP contribution in [0.4, 0.5) is 0 Å². The molecule has 1 heterocycles. The lowest BCUT2D eigenvalue weighted by molar-refractivity contribution is 0.465. The van der Waals surface area contributed by atoms with Gasteiger partial charge in [-0.2, -0.15) is 0 Å². The van der Waals surface area contributed by atoms with Crippen LogP contribution < -0.4 is 4.74 Å². The molecule has 0 fully saturated rings. The second-order valence-electron chi connectivity index (χ2n) is 3.90. The number of rotatable bonds is 2.